The third-order valence-electron chi connectivity index (χ3n) is 6.85. The van der Waals surface area contributed by atoms with E-state index in [2.05, 4.69) is 12.2 Å². The fourth-order valence-corrected chi connectivity index (χ4v) is 5.15. The third-order valence-corrected chi connectivity index (χ3v) is 6.85. The van der Waals surface area contributed by atoms with Gasteiger partial charge in [-0.1, -0.05) is 13.0 Å². The number of benzene rings is 3. The van der Waals surface area contributed by atoms with Gasteiger partial charge in [0.05, 0.1) is 34.5 Å². The Morgan fingerprint density at radius 3 is 2.06 bits per heavy atom. The molecule has 184 valence electrons. The maximum Gasteiger partial charge on any atom is 0.231 e. The molecule has 8 nitrogen and oxygen atoms in total. The summed E-state index contributed by atoms with van der Waals surface area (Å²) in [4.78, 5) is 0. The van der Waals surface area contributed by atoms with Gasteiger partial charge in [0.1, 0.15) is 0 Å². The predicted octanol–water partition coefficient (Wildman–Crippen LogP) is 5.09. The number of methoxy groups -OCH3 is 4. The molecular formula is C27H29NO7. The van der Waals surface area contributed by atoms with Crippen LogP contribution in [0.2, 0.25) is 0 Å². The van der Waals surface area contributed by atoms with Gasteiger partial charge in [-0.15, -0.1) is 0 Å². The van der Waals surface area contributed by atoms with E-state index in [0.717, 1.165) is 28.1 Å². The summed E-state index contributed by atoms with van der Waals surface area (Å²) >= 11 is 0. The van der Waals surface area contributed by atoms with E-state index in [1.807, 2.05) is 36.4 Å². The Bertz CT molecular complexity index is 1230. The van der Waals surface area contributed by atoms with Crippen molar-refractivity contribution in [2.24, 2.45) is 5.92 Å². The molecule has 2 N–H and O–H groups in total. The molecular weight excluding hydrogens is 450 g/mol. The highest BCUT2D eigenvalue weighted by Crippen LogP contribution is 2.53. The molecule has 35 heavy (non-hydrogen) atoms. The number of aromatic hydroxyl groups is 1. The maximum absolute atomic E-state index is 10.2. The Balaban J connectivity index is 1.67. The Labute approximate surface area is 204 Å². The molecule has 2 heterocycles. The largest absolute Gasteiger partial charge is 0.504 e. The van der Waals surface area contributed by atoms with Crippen LogP contribution < -0.4 is 33.7 Å². The second-order valence-corrected chi connectivity index (χ2v) is 8.64. The Kier molecular flexibility index (Phi) is 5.88. The molecule has 0 aromatic heterocycles. The molecule has 3 atom stereocenters. The lowest BCUT2D eigenvalue weighted by atomic mass is 9.72. The van der Waals surface area contributed by atoms with Crippen LogP contribution in [0.5, 0.6) is 40.2 Å². The molecule has 0 spiro atoms. The highest BCUT2D eigenvalue weighted by molar-refractivity contribution is 5.68. The molecule has 0 saturated carbocycles. The van der Waals surface area contributed by atoms with Crippen LogP contribution in [0.1, 0.15) is 35.6 Å². The predicted molar refractivity (Wildman–Crippen MR) is 131 cm³/mol. The van der Waals surface area contributed by atoms with Gasteiger partial charge in [-0.2, -0.15) is 0 Å². The van der Waals surface area contributed by atoms with Crippen molar-refractivity contribution >= 4 is 5.69 Å². The molecule has 2 aliphatic rings. The minimum absolute atomic E-state index is 0.0284. The van der Waals surface area contributed by atoms with Crippen molar-refractivity contribution in [1.29, 1.82) is 0 Å². The van der Waals surface area contributed by atoms with E-state index in [9.17, 15) is 5.11 Å². The Hall–Kier alpha value is -3.94. The maximum atomic E-state index is 10.2. The first-order chi connectivity index (χ1) is 17.0. The van der Waals surface area contributed by atoms with Crippen LogP contribution in [-0.4, -0.2) is 40.3 Å². The van der Waals surface area contributed by atoms with Crippen LogP contribution in [-0.2, 0) is 0 Å². The number of phenolic OH excluding ortho intramolecular Hbond substituents is 1. The van der Waals surface area contributed by atoms with Crippen LogP contribution in [0.25, 0.3) is 0 Å². The fourth-order valence-electron chi connectivity index (χ4n) is 5.15. The van der Waals surface area contributed by atoms with Crippen LogP contribution in [0.3, 0.4) is 0 Å². The topological polar surface area (TPSA) is 87.6 Å². The second kappa shape index (κ2) is 9.02. The average molecular weight is 480 g/mol. The number of fused-ring (bicyclic) bond motifs is 2. The van der Waals surface area contributed by atoms with Gasteiger partial charge < -0.3 is 38.8 Å². The summed E-state index contributed by atoms with van der Waals surface area (Å²) in [6, 6.07) is 13.4. The number of hydrogen-bond donors (Lipinski definition) is 2. The molecule has 0 radical (unpaired) electrons. The molecule has 8 heteroatoms. The molecule has 0 bridgehead atoms. The first-order valence-electron chi connectivity index (χ1n) is 11.4. The van der Waals surface area contributed by atoms with Crippen molar-refractivity contribution in [3.05, 3.63) is 59.2 Å². The molecule has 0 saturated heterocycles. The molecule has 5 rings (SSSR count). The van der Waals surface area contributed by atoms with Crippen LogP contribution in [0, 0.1) is 5.92 Å². The number of nitrogens with one attached hydrogen (secondary N) is 1. The number of ether oxygens (including phenoxy) is 6. The van der Waals surface area contributed by atoms with Gasteiger partial charge in [0, 0.05) is 17.7 Å². The molecule has 0 fully saturated rings. The Morgan fingerprint density at radius 2 is 1.43 bits per heavy atom. The standard InChI is InChI=1S/C27H29NO7/c1-14-25(15-6-7-19(29)20(8-15)30-2)17-11-21-22(35-13-34-21)12-18(17)28-26(14)16-9-23(31-3)27(33-5)24(10-16)32-4/h6-12,14,25-26,28-29H,13H2,1-5H3. The summed E-state index contributed by atoms with van der Waals surface area (Å²) in [6.07, 6.45) is 0. The summed E-state index contributed by atoms with van der Waals surface area (Å²) in [5.41, 5.74) is 4.04. The fraction of sp³-hybridized carbons (Fsp3) is 0.333. The highest BCUT2D eigenvalue weighted by Gasteiger charge is 2.38. The SMILES string of the molecule is COc1cc(C2c3cc4c(cc3NC(c3cc(OC)c(OC)c(OC)c3)C2C)OCO4)ccc1O. The summed E-state index contributed by atoms with van der Waals surface area (Å²) in [5.74, 6) is 3.75. The van der Waals surface area contributed by atoms with E-state index in [1.165, 1.54) is 0 Å². The second-order valence-electron chi connectivity index (χ2n) is 8.64. The summed E-state index contributed by atoms with van der Waals surface area (Å²) < 4.78 is 33.5. The van der Waals surface area contributed by atoms with Crippen molar-refractivity contribution in [2.45, 2.75) is 18.9 Å². The zero-order valence-electron chi connectivity index (χ0n) is 20.4. The molecule has 3 unspecified atom stereocenters. The van der Waals surface area contributed by atoms with E-state index < -0.39 is 0 Å². The first-order valence-corrected chi connectivity index (χ1v) is 11.4. The number of phenols is 1. The van der Waals surface area contributed by atoms with Crippen LogP contribution in [0.15, 0.2) is 42.5 Å². The highest BCUT2D eigenvalue weighted by atomic mass is 16.7. The summed E-state index contributed by atoms with van der Waals surface area (Å²) in [5, 5.41) is 13.9. The van der Waals surface area contributed by atoms with Crippen molar-refractivity contribution in [3.8, 4) is 40.2 Å². The summed E-state index contributed by atoms with van der Waals surface area (Å²) in [6.45, 7) is 2.39. The van der Waals surface area contributed by atoms with Gasteiger partial charge >= 0.3 is 0 Å². The normalized spacial score (nSPS) is 20.0. The van der Waals surface area contributed by atoms with E-state index in [-0.39, 0.29) is 30.4 Å². The average Bonchev–Trinajstić information content (AvgIpc) is 3.34. The monoisotopic (exact) mass is 479 g/mol. The minimum atomic E-state index is -0.0959. The van der Waals surface area contributed by atoms with Crippen LogP contribution >= 0.6 is 0 Å². The van der Waals surface area contributed by atoms with Gasteiger partial charge in [-0.25, -0.2) is 0 Å². The van der Waals surface area contributed by atoms with E-state index in [4.69, 9.17) is 28.4 Å². The minimum Gasteiger partial charge on any atom is -0.504 e. The van der Waals surface area contributed by atoms with Crippen molar-refractivity contribution in [3.63, 3.8) is 0 Å². The first kappa shape index (κ1) is 22.8. The van der Waals surface area contributed by atoms with Crippen molar-refractivity contribution < 1.29 is 33.5 Å². The van der Waals surface area contributed by atoms with Gasteiger partial charge in [0.25, 0.3) is 0 Å². The number of anilines is 1. The lowest BCUT2D eigenvalue weighted by Crippen LogP contribution is -2.30. The van der Waals surface area contributed by atoms with Crippen LogP contribution in [0.4, 0.5) is 5.69 Å². The van der Waals surface area contributed by atoms with E-state index in [1.54, 1.807) is 34.5 Å². The number of rotatable bonds is 6. The quantitative estimate of drug-likeness (QED) is 0.506. The van der Waals surface area contributed by atoms with E-state index in [0.29, 0.717) is 28.7 Å². The summed E-state index contributed by atoms with van der Waals surface area (Å²) in [7, 11) is 6.37. The van der Waals surface area contributed by atoms with Crippen molar-refractivity contribution in [1.82, 2.24) is 0 Å². The van der Waals surface area contributed by atoms with Gasteiger partial charge in [-0.3, -0.25) is 0 Å². The molecule has 0 amide bonds. The van der Waals surface area contributed by atoms with Gasteiger partial charge in [-0.05, 0) is 52.9 Å². The lowest BCUT2D eigenvalue weighted by molar-refractivity contribution is 0.174. The molecule has 3 aromatic carbocycles. The smallest absolute Gasteiger partial charge is 0.231 e. The molecule has 0 aliphatic carbocycles. The lowest BCUT2D eigenvalue weighted by Gasteiger charge is -2.40. The Morgan fingerprint density at radius 1 is 0.800 bits per heavy atom. The van der Waals surface area contributed by atoms with Gasteiger partial charge in [0.15, 0.2) is 34.5 Å². The molecule has 2 aliphatic heterocycles. The molecule has 3 aromatic rings. The number of hydrogen-bond acceptors (Lipinski definition) is 8. The zero-order chi connectivity index (χ0) is 24.7. The zero-order valence-corrected chi connectivity index (χ0v) is 20.4. The van der Waals surface area contributed by atoms with E-state index >= 15 is 0 Å². The third kappa shape index (κ3) is 3.79. The van der Waals surface area contributed by atoms with Crippen molar-refractivity contribution in [2.75, 3.05) is 40.5 Å². The van der Waals surface area contributed by atoms with Gasteiger partial charge in [0.2, 0.25) is 12.5 Å².